The third-order valence-corrected chi connectivity index (χ3v) is 7.68. The number of benzene rings is 4. The monoisotopic (exact) mass is 548 g/mol. The zero-order chi connectivity index (χ0) is 29.3. The minimum absolute atomic E-state index is 0.0651. The molecule has 1 saturated heterocycles. The fraction of sp³-hybridized carbons (Fsp3) is 0.257. The van der Waals surface area contributed by atoms with E-state index >= 15 is 0 Å². The first kappa shape index (κ1) is 29.4. The van der Waals surface area contributed by atoms with Gasteiger partial charge in [0.25, 0.3) is 0 Å². The maximum Gasteiger partial charge on any atom is 0.335 e. The number of likely N-dealkylation sites (tertiary alicyclic amines) is 1. The highest BCUT2D eigenvalue weighted by Gasteiger charge is 2.42. The molecule has 0 amide bonds. The van der Waals surface area contributed by atoms with Gasteiger partial charge >= 0.3 is 5.97 Å². The van der Waals surface area contributed by atoms with E-state index in [1.54, 1.807) is 48.5 Å². The second kappa shape index (κ2) is 13.2. The number of carbonyl (C=O) groups is 1. The number of ether oxygens (including phenoxy) is 1. The minimum Gasteiger partial charge on any atom is -0.508 e. The van der Waals surface area contributed by atoms with Crippen LogP contribution < -0.4 is 4.74 Å². The molecule has 2 N–H and O–H groups in total. The van der Waals surface area contributed by atoms with Crippen LogP contribution in [0, 0.1) is 11.3 Å². The Hall–Kier alpha value is -4.60. The summed E-state index contributed by atoms with van der Waals surface area (Å²) in [4.78, 5) is 12.6. The molecule has 0 aromatic heterocycles. The first-order valence-corrected chi connectivity index (χ1v) is 13.7. The molecule has 0 aliphatic carbocycles. The van der Waals surface area contributed by atoms with Gasteiger partial charge in [0.1, 0.15) is 23.0 Å². The number of aromatic carboxylic acids is 1. The largest absolute Gasteiger partial charge is 0.508 e. The van der Waals surface area contributed by atoms with Crippen LogP contribution in [0.5, 0.6) is 11.5 Å². The van der Waals surface area contributed by atoms with Gasteiger partial charge in [-0.2, -0.15) is 5.26 Å². The van der Waals surface area contributed by atoms with E-state index in [0.29, 0.717) is 11.3 Å². The van der Waals surface area contributed by atoms with Crippen molar-refractivity contribution >= 4 is 5.97 Å². The standard InChI is InChI=1S/C28H30N2O2.C7H6O2/c1-27(2,30-19-26(20-30)32-25-15-9-14-24(31)18-25)16-17-28(21-29,22-10-5-3-6-11-22)23-12-7-4-8-13-23;8-7(9)6-4-2-1-3-5-6/h3-15,18,26,31H,16-17,19-20H2,1-2H3;1-5H,(H,8,9). The third kappa shape index (κ3) is 7.33. The lowest BCUT2D eigenvalue weighted by molar-refractivity contribution is -0.0465. The third-order valence-electron chi connectivity index (χ3n) is 7.68. The Morgan fingerprint density at radius 3 is 1.85 bits per heavy atom. The molecule has 1 heterocycles. The van der Waals surface area contributed by atoms with Gasteiger partial charge in [-0.15, -0.1) is 0 Å². The van der Waals surface area contributed by atoms with Crippen LogP contribution >= 0.6 is 0 Å². The molecule has 0 spiro atoms. The van der Waals surface area contributed by atoms with E-state index in [-0.39, 0.29) is 17.4 Å². The van der Waals surface area contributed by atoms with E-state index in [1.807, 2.05) is 42.5 Å². The highest BCUT2D eigenvalue weighted by Crippen LogP contribution is 2.40. The predicted molar refractivity (Wildman–Crippen MR) is 160 cm³/mol. The van der Waals surface area contributed by atoms with Gasteiger partial charge in [-0.05, 0) is 62.1 Å². The van der Waals surface area contributed by atoms with Crippen molar-refractivity contribution in [3.8, 4) is 17.6 Å². The van der Waals surface area contributed by atoms with Crippen molar-refractivity contribution in [3.05, 3.63) is 132 Å². The van der Waals surface area contributed by atoms with Gasteiger partial charge in [0.15, 0.2) is 0 Å². The molecule has 6 heteroatoms. The molecule has 0 radical (unpaired) electrons. The number of carboxylic acid groups (broad SMARTS) is 1. The van der Waals surface area contributed by atoms with Crippen LogP contribution in [0.4, 0.5) is 0 Å². The Morgan fingerprint density at radius 1 is 0.854 bits per heavy atom. The van der Waals surface area contributed by atoms with E-state index < -0.39 is 11.4 Å². The van der Waals surface area contributed by atoms with Gasteiger partial charge in [0.05, 0.1) is 11.6 Å². The molecule has 41 heavy (non-hydrogen) atoms. The van der Waals surface area contributed by atoms with Crippen LogP contribution in [0.2, 0.25) is 0 Å². The average Bonchev–Trinajstić information content (AvgIpc) is 2.97. The fourth-order valence-corrected chi connectivity index (χ4v) is 5.07. The molecule has 0 atom stereocenters. The quantitative estimate of drug-likeness (QED) is 0.236. The molecule has 4 aromatic carbocycles. The molecule has 1 aliphatic rings. The van der Waals surface area contributed by atoms with Crippen molar-refractivity contribution in [1.82, 2.24) is 4.90 Å². The van der Waals surface area contributed by atoms with Gasteiger partial charge in [-0.25, -0.2) is 4.79 Å². The van der Waals surface area contributed by atoms with Crippen molar-refractivity contribution in [2.45, 2.75) is 43.7 Å². The summed E-state index contributed by atoms with van der Waals surface area (Å²) in [6.07, 6.45) is 1.72. The molecule has 5 rings (SSSR count). The number of nitriles is 1. The van der Waals surface area contributed by atoms with E-state index in [9.17, 15) is 15.2 Å². The molecular weight excluding hydrogens is 512 g/mol. The molecule has 4 aromatic rings. The van der Waals surface area contributed by atoms with Crippen LogP contribution in [-0.4, -0.2) is 45.8 Å². The SMILES string of the molecule is CC(C)(CCC(C#N)(c1ccccc1)c1ccccc1)N1CC(Oc2cccc(O)c2)C1.O=C(O)c1ccccc1. The maximum absolute atomic E-state index is 10.4. The van der Waals surface area contributed by atoms with Crippen LogP contribution in [-0.2, 0) is 5.41 Å². The average molecular weight is 549 g/mol. The Bertz CT molecular complexity index is 1400. The Labute approximate surface area is 242 Å². The van der Waals surface area contributed by atoms with Crippen LogP contribution in [0.25, 0.3) is 0 Å². The zero-order valence-corrected chi connectivity index (χ0v) is 23.5. The Morgan fingerprint density at radius 2 is 1.39 bits per heavy atom. The van der Waals surface area contributed by atoms with Crippen molar-refractivity contribution in [1.29, 1.82) is 5.26 Å². The van der Waals surface area contributed by atoms with Gasteiger partial charge < -0.3 is 14.9 Å². The molecule has 210 valence electrons. The molecule has 0 saturated carbocycles. The lowest BCUT2D eigenvalue weighted by atomic mass is 9.70. The Balaban J connectivity index is 0.000000367. The zero-order valence-electron chi connectivity index (χ0n) is 23.5. The number of phenolic OH excluding ortho intramolecular Hbond substituents is 1. The smallest absolute Gasteiger partial charge is 0.335 e. The minimum atomic E-state index is -0.879. The van der Waals surface area contributed by atoms with Crippen LogP contribution in [0.1, 0.15) is 48.2 Å². The summed E-state index contributed by atoms with van der Waals surface area (Å²) in [6, 6.07) is 38.2. The summed E-state index contributed by atoms with van der Waals surface area (Å²) < 4.78 is 6.01. The summed E-state index contributed by atoms with van der Waals surface area (Å²) >= 11 is 0. The highest BCUT2D eigenvalue weighted by atomic mass is 16.5. The number of carboxylic acids is 1. The first-order valence-electron chi connectivity index (χ1n) is 13.7. The normalized spacial score (nSPS) is 13.7. The maximum atomic E-state index is 10.4. The number of hydrogen-bond donors (Lipinski definition) is 2. The van der Waals surface area contributed by atoms with Gasteiger partial charge in [-0.3, -0.25) is 4.90 Å². The van der Waals surface area contributed by atoms with Crippen LogP contribution in [0.3, 0.4) is 0 Å². The highest BCUT2D eigenvalue weighted by molar-refractivity contribution is 5.87. The number of aromatic hydroxyl groups is 1. The van der Waals surface area contributed by atoms with E-state index in [4.69, 9.17) is 9.84 Å². The van der Waals surface area contributed by atoms with Crippen molar-refractivity contribution in [2.24, 2.45) is 0 Å². The Kier molecular flexibility index (Phi) is 9.44. The summed E-state index contributed by atoms with van der Waals surface area (Å²) in [5, 5.41) is 28.4. The van der Waals surface area contributed by atoms with Crippen molar-refractivity contribution in [3.63, 3.8) is 0 Å². The van der Waals surface area contributed by atoms with Crippen molar-refractivity contribution in [2.75, 3.05) is 13.1 Å². The summed E-state index contributed by atoms with van der Waals surface area (Å²) in [7, 11) is 0. The first-order chi connectivity index (χ1) is 19.7. The molecule has 1 aliphatic heterocycles. The van der Waals surface area contributed by atoms with Crippen molar-refractivity contribution < 1.29 is 19.7 Å². The van der Waals surface area contributed by atoms with Gasteiger partial charge in [-0.1, -0.05) is 84.9 Å². The molecule has 0 unspecified atom stereocenters. The predicted octanol–water partition coefficient (Wildman–Crippen LogP) is 6.91. The van der Waals surface area contributed by atoms with E-state index in [1.165, 1.54) is 0 Å². The number of rotatable bonds is 9. The number of hydrogen-bond acceptors (Lipinski definition) is 5. The molecule has 0 bridgehead atoms. The summed E-state index contributed by atoms with van der Waals surface area (Å²) in [5.74, 6) is 0.0355. The number of nitrogens with zero attached hydrogens (tertiary/aromatic N) is 2. The van der Waals surface area contributed by atoms with E-state index in [2.05, 4.69) is 49.1 Å². The topological polar surface area (TPSA) is 93.8 Å². The molecule has 6 nitrogen and oxygen atoms in total. The van der Waals surface area contributed by atoms with E-state index in [0.717, 1.165) is 37.1 Å². The summed E-state index contributed by atoms with van der Waals surface area (Å²) in [6.45, 7) is 6.16. The molecule has 1 fully saturated rings. The fourth-order valence-electron chi connectivity index (χ4n) is 5.07. The lowest BCUT2D eigenvalue weighted by Crippen LogP contribution is -2.62. The van der Waals surface area contributed by atoms with Crippen LogP contribution in [0.15, 0.2) is 115 Å². The second-order valence-electron chi connectivity index (χ2n) is 10.9. The van der Waals surface area contributed by atoms with Gasteiger partial charge in [0.2, 0.25) is 0 Å². The second-order valence-corrected chi connectivity index (χ2v) is 10.9. The molecular formula is C35H36N2O4. The summed E-state index contributed by atoms with van der Waals surface area (Å²) in [5.41, 5.74) is 1.67. The lowest BCUT2D eigenvalue weighted by Gasteiger charge is -2.49. The number of phenols is 1. The van der Waals surface area contributed by atoms with Gasteiger partial charge in [0, 0.05) is 24.7 Å².